The highest BCUT2D eigenvalue weighted by molar-refractivity contribution is 5.85. The van der Waals surface area contributed by atoms with Gasteiger partial charge in [0.1, 0.15) is 11.9 Å². The molecule has 2 aliphatic heterocycles. The highest BCUT2D eigenvalue weighted by atomic mass is 19.1. The molecule has 0 radical (unpaired) electrons. The molecule has 5 nitrogen and oxygen atoms in total. The topological polar surface area (TPSA) is 44.4 Å². The van der Waals surface area contributed by atoms with Gasteiger partial charge in [-0.15, -0.1) is 6.58 Å². The molecular weight excluding hydrogens is 415 g/mol. The molecule has 174 valence electrons. The van der Waals surface area contributed by atoms with Gasteiger partial charge in [0, 0.05) is 49.3 Å². The van der Waals surface area contributed by atoms with Crippen molar-refractivity contribution in [3.8, 4) is 5.75 Å². The monoisotopic (exact) mass is 448 g/mol. The molecule has 33 heavy (non-hydrogen) atoms. The summed E-state index contributed by atoms with van der Waals surface area (Å²) in [5, 5.41) is 1.32. The summed E-state index contributed by atoms with van der Waals surface area (Å²) in [6.07, 6.45) is 7.56. The lowest BCUT2D eigenvalue weighted by molar-refractivity contribution is 0.196. The molecule has 1 N–H and O–H groups in total. The largest absolute Gasteiger partial charge is 0.487 e. The van der Waals surface area contributed by atoms with Crippen LogP contribution in [0.4, 0.5) is 4.39 Å². The van der Waals surface area contributed by atoms with Gasteiger partial charge in [0.25, 0.3) is 0 Å². The van der Waals surface area contributed by atoms with Crippen LogP contribution in [0, 0.1) is 0 Å². The number of hydrogen-bond donors (Lipinski definition) is 1. The molecule has 6 heteroatoms. The lowest BCUT2D eigenvalue weighted by Gasteiger charge is -2.35. The number of ether oxygens (including phenoxy) is 1. The quantitative estimate of drug-likeness (QED) is 0.473. The Labute approximate surface area is 195 Å². The third-order valence-electron chi connectivity index (χ3n) is 6.93. The van der Waals surface area contributed by atoms with Gasteiger partial charge in [0.05, 0.1) is 24.6 Å². The average Bonchev–Trinajstić information content (AvgIpc) is 3.45. The Hall–Kier alpha value is -2.70. The van der Waals surface area contributed by atoms with Gasteiger partial charge in [-0.1, -0.05) is 24.3 Å². The molecule has 0 amide bonds. The Balaban J connectivity index is 1.36. The third kappa shape index (κ3) is 4.68. The number of pyridine rings is 1. The smallest absolute Gasteiger partial charge is 0.138 e. The van der Waals surface area contributed by atoms with Crippen LogP contribution in [-0.2, 0) is 6.42 Å². The van der Waals surface area contributed by atoms with Gasteiger partial charge in [-0.05, 0) is 49.4 Å². The van der Waals surface area contributed by atoms with Crippen LogP contribution in [0.15, 0.2) is 55.3 Å². The maximum atomic E-state index is 12.5. The van der Waals surface area contributed by atoms with Crippen molar-refractivity contribution in [2.75, 3.05) is 39.4 Å². The van der Waals surface area contributed by atoms with E-state index < -0.39 is 0 Å². The van der Waals surface area contributed by atoms with Gasteiger partial charge in [0.2, 0.25) is 0 Å². The van der Waals surface area contributed by atoms with E-state index in [0.717, 1.165) is 63.4 Å². The van der Waals surface area contributed by atoms with Crippen LogP contribution in [0.5, 0.6) is 5.75 Å². The van der Waals surface area contributed by atoms with E-state index in [0.29, 0.717) is 6.42 Å². The first-order chi connectivity index (χ1) is 16.3. The van der Waals surface area contributed by atoms with Crippen molar-refractivity contribution < 1.29 is 9.13 Å². The average molecular weight is 449 g/mol. The second-order valence-corrected chi connectivity index (χ2v) is 9.12. The van der Waals surface area contributed by atoms with E-state index in [-0.39, 0.29) is 18.8 Å². The number of aromatic nitrogens is 2. The summed E-state index contributed by atoms with van der Waals surface area (Å²) in [6, 6.07) is 12.8. The zero-order valence-electron chi connectivity index (χ0n) is 19.2. The number of alkyl halides is 1. The molecule has 2 atom stereocenters. The number of halogens is 1. The van der Waals surface area contributed by atoms with Crippen molar-refractivity contribution in [2.45, 2.75) is 37.8 Å². The van der Waals surface area contributed by atoms with Gasteiger partial charge >= 0.3 is 0 Å². The lowest BCUT2D eigenvalue weighted by Crippen LogP contribution is -2.37. The predicted octanol–water partition coefficient (Wildman–Crippen LogP) is 4.90. The maximum Gasteiger partial charge on any atom is 0.138 e. The minimum absolute atomic E-state index is 0.0952. The fourth-order valence-corrected chi connectivity index (χ4v) is 5.32. The van der Waals surface area contributed by atoms with Gasteiger partial charge in [0.15, 0.2) is 0 Å². The van der Waals surface area contributed by atoms with Crippen LogP contribution in [0.25, 0.3) is 10.9 Å². The van der Waals surface area contributed by atoms with Crippen LogP contribution < -0.4 is 4.74 Å². The molecule has 0 aliphatic carbocycles. The number of benzene rings is 1. The fourth-order valence-electron chi connectivity index (χ4n) is 5.32. The van der Waals surface area contributed by atoms with Gasteiger partial charge in [-0.25, -0.2) is 0 Å². The molecule has 0 unspecified atom stereocenters. The molecule has 2 aromatic heterocycles. The molecule has 0 bridgehead atoms. The van der Waals surface area contributed by atoms with Crippen molar-refractivity contribution in [1.82, 2.24) is 19.8 Å². The number of para-hydroxylation sites is 1. The minimum atomic E-state index is -0.253. The van der Waals surface area contributed by atoms with Crippen molar-refractivity contribution in [1.29, 1.82) is 0 Å². The number of rotatable bonds is 9. The zero-order chi connectivity index (χ0) is 22.6. The van der Waals surface area contributed by atoms with Crippen molar-refractivity contribution >= 4 is 10.9 Å². The summed E-state index contributed by atoms with van der Waals surface area (Å²) in [4.78, 5) is 13.3. The van der Waals surface area contributed by atoms with Crippen molar-refractivity contribution in [3.05, 3.63) is 72.2 Å². The highest BCUT2D eigenvalue weighted by Crippen LogP contribution is 2.38. The second kappa shape index (κ2) is 10.1. The number of aromatic amines is 1. The van der Waals surface area contributed by atoms with Gasteiger partial charge < -0.3 is 9.72 Å². The number of fused-ring (bicyclic) bond motifs is 3. The first-order valence-corrected chi connectivity index (χ1v) is 12.1. The van der Waals surface area contributed by atoms with Gasteiger partial charge in [-0.3, -0.25) is 19.2 Å². The van der Waals surface area contributed by atoms with Crippen molar-refractivity contribution in [3.63, 3.8) is 0 Å². The molecule has 5 rings (SSSR count). The van der Waals surface area contributed by atoms with E-state index in [9.17, 15) is 4.39 Å². The van der Waals surface area contributed by atoms with E-state index in [1.54, 1.807) is 0 Å². The van der Waals surface area contributed by atoms with E-state index in [1.807, 2.05) is 12.3 Å². The molecule has 1 fully saturated rings. The Morgan fingerprint density at radius 2 is 2.09 bits per heavy atom. The van der Waals surface area contributed by atoms with Crippen LogP contribution in [0.2, 0.25) is 0 Å². The number of nitrogens with one attached hydrogen (secondary N) is 1. The van der Waals surface area contributed by atoms with Crippen LogP contribution in [-0.4, -0.2) is 65.3 Å². The Bertz CT molecular complexity index is 1080. The SMILES string of the molecule is C=CCCN1CCc2c([nH]c3ccccc23)[C@H]1c1ccc(O[C@H]2CCN(CCCF)C2)cn1. The summed E-state index contributed by atoms with van der Waals surface area (Å²) < 4.78 is 18.7. The normalized spacial score (nSPS) is 21.4. The number of hydrogen-bond acceptors (Lipinski definition) is 4. The summed E-state index contributed by atoms with van der Waals surface area (Å²) in [5.74, 6) is 0.807. The molecule has 2 aliphatic rings. The van der Waals surface area contributed by atoms with E-state index >= 15 is 0 Å². The summed E-state index contributed by atoms with van der Waals surface area (Å²) in [7, 11) is 0. The second-order valence-electron chi connectivity index (χ2n) is 9.12. The first kappa shape index (κ1) is 22.1. The third-order valence-corrected chi connectivity index (χ3v) is 6.93. The zero-order valence-corrected chi connectivity index (χ0v) is 19.2. The number of likely N-dealkylation sites (tertiary alicyclic amines) is 1. The summed E-state index contributed by atoms with van der Waals surface area (Å²) in [6.45, 7) is 8.26. The number of nitrogens with zero attached hydrogens (tertiary/aromatic N) is 3. The molecular formula is C27H33FN4O. The van der Waals surface area contributed by atoms with Crippen molar-refractivity contribution in [2.24, 2.45) is 0 Å². The molecule has 3 aromatic rings. The Morgan fingerprint density at radius 3 is 2.91 bits per heavy atom. The van der Waals surface area contributed by atoms with Crippen LogP contribution >= 0.6 is 0 Å². The highest BCUT2D eigenvalue weighted by Gasteiger charge is 2.32. The summed E-state index contributed by atoms with van der Waals surface area (Å²) >= 11 is 0. The molecule has 1 saturated heterocycles. The predicted molar refractivity (Wildman–Crippen MR) is 131 cm³/mol. The van der Waals surface area contributed by atoms with E-state index in [1.165, 1.54) is 22.2 Å². The Morgan fingerprint density at radius 1 is 1.18 bits per heavy atom. The van der Waals surface area contributed by atoms with Crippen LogP contribution in [0.3, 0.4) is 0 Å². The standard InChI is InChI=1S/C27H33FN4O/c1-2-3-15-32-17-12-23-22-7-4-5-8-24(22)30-26(23)27(32)25-10-9-20(18-29-25)33-21-11-16-31(19-21)14-6-13-28/h2,4-5,7-10,18,21,27,30H,1,3,6,11-17,19H2/t21-,27+/m0/s1. The van der Waals surface area contributed by atoms with Gasteiger partial charge in [-0.2, -0.15) is 0 Å². The molecule has 0 spiro atoms. The van der Waals surface area contributed by atoms with E-state index in [4.69, 9.17) is 9.72 Å². The maximum absolute atomic E-state index is 12.5. The molecule has 4 heterocycles. The minimum Gasteiger partial charge on any atom is -0.487 e. The molecule has 1 aromatic carbocycles. The fraction of sp³-hybridized carbons (Fsp3) is 0.444. The lowest BCUT2D eigenvalue weighted by atomic mass is 9.94. The molecule has 0 saturated carbocycles. The Kier molecular flexibility index (Phi) is 6.74. The summed E-state index contributed by atoms with van der Waals surface area (Å²) in [5.41, 5.74) is 4.89. The first-order valence-electron chi connectivity index (χ1n) is 12.1. The van der Waals surface area contributed by atoms with Crippen LogP contribution in [0.1, 0.15) is 42.3 Å². The number of H-pyrrole nitrogens is 1. The van der Waals surface area contributed by atoms with E-state index in [2.05, 4.69) is 57.8 Å².